The number of hydrogen-bond donors (Lipinski definition) is 1. The maximum atomic E-state index is 12.4. The number of carbonyl (C=O) groups is 1. The molecule has 0 radical (unpaired) electrons. The van der Waals surface area contributed by atoms with Crippen LogP contribution in [0.3, 0.4) is 0 Å². The van der Waals surface area contributed by atoms with E-state index in [9.17, 15) is 4.79 Å². The fourth-order valence-corrected chi connectivity index (χ4v) is 3.29. The van der Waals surface area contributed by atoms with Crippen LogP contribution in [0.5, 0.6) is 0 Å². The molecule has 0 aliphatic rings. The van der Waals surface area contributed by atoms with Crippen molar-refractivity contribution in [2.75, 3.05) is 5.32 Å². The number of rotatable bonds is 4. The zero-order chi connectivity index (χ0) is 17.9. The van der Waals surface area contributed by atoms with E-state index in [1.54, 1.807) is 12.1 Å². The summed E-state index contributed by atoms with van der Waals surface area (Å²) in [5.41, 5.74) is 2.64. The van der Waals surface area contributed by atoms with E-state index in [1.807, 2.05) is 47.8 Å². The topological polar surface area (TPSA) is 72.7 Å². The molecule has 26 heavy (non-hydrogen) atoms. The molecule has 2 aromatic heterocycles. The maximum absolute atomic E-state index is 12.4. The smallest absolute Gasteiger partial charge is 0.279 e. The Balaban J connectivity index is 1.51. The van der Waals surface area contributed by atoms with Gasteiger partial charge in [-0.1, -0.05) is 59.3 Å². The fourth-order valence-electron chi connectivity index (χ4n) is 2.36. The third-order valence-corrected chi connectivity index (χ3v) is 4.70. The molecule has 6 nitrogen and oxygen atoms in total. The summed E-state index contributed by atoms with van der Waals surface area (Å²) in [5.74, 6) is -0.378. The van der Waals surface area contributed by atoms with Crippen LogP contribution in [0, 0.1) is 0 Å². The van der Waals surface area contributed by atoms with Crippen LogP contribution in [0.2, 0.25) is 5.02 Å². The minimum absolute atomic E-state index is 0.182. The highest BCUT2D eigenvalue weighted by atomic mass is 35.5. The van der Waals surface area contributed by atoms with Crippen LogP contribution in [0.4, 0.5) is 5.13 Å². The van der Waals surface area contributed by atoms with E-state index in [0.717, 1.165) is 11.3 Å². The Bertz CT molecular complexity index is 1060. The number of hydrogen-bond acceptors (Lipinski definition) is 5. The molecule has 2 heterocycles. The third kappa shape index (κ3) is 3.35. The van der Waals surface area contributed by atoms with Gasteiger partial charge in [0.25, 0.3) is 5.91 Å². The minimum Gasteiger partial charge on any atom is -0.296 e. The molecule has 8 heteroatoms. The highest BCUT2D eigenvalue weighted by Gasteiger charge is 2.15. The van der Waals surface area contributed by atoms with Gasteiger partial charge in [-0.25, -0.2) is 9.67 Å². The number of benzene rings is 2. The van der Waals surface area contributed by atoms with Crippen molar-refractivity contribution in [3.63, 3.8) is 0 Å². The van der Waals surface area contributed by atoms with Gasteiger partial charge in [0.1, 0.15) is 0 Å². The van der Waals surface area contributed by atoms with Crippen molar-refractivity contribution in [3.8, 4) is 16.9 Å². The molecule has 0 aliphatic heterocycles. The summed E-state index contributed by atoms with van der Waals surface area (Å²) < 4.78 is 1.47. The highest BCUT2D eigenvalue weighted by Crippen LogP contribution is 2.25. The fraction of sp³-hybridized carbons (Fsp3) is 0. The van der Waals surface area contributed by atoms with Crippen molar-refractivity contribution >= 4 is 34.0 Å². The van der Waals surface area contributed by atoms with Gasteiger partial charge in [-0.15, -0.1) is 16.4 Å². The molecule has 0 atom stereocenters. The molecular weight excluding hydrogens is 370 g/mol. The van der Waals surface area contributed by atoms with E-state index in [0.29, 0.717) is 15.8 Å². The first-order valence-electron chi connectivity index (χ1n) is 7.70. The summed E-state index contributed by atoms with van der Waals surface area (Å²) in [4.78, 5) is 16.8. The van der Waals surface area contributed by atoms with Crippen molar-refractivity contribution in [2.24, 2.45) is 0 Å². The zero-order valence-corrected chi connectivity index (χ0v) is 14.9. The van der Waals surface area contributed by atoms with Crippen LogP contribution in [-0.4, -0.2) is 25.9 Å². The van der Waals surface area contributed by atoms with Gasteiger partial charge in [0, 0.05) is 10.9 Å². The lowest BCUT2D eigenvalue weighted by Crippen LogP contribution is -2.12. The highest BCUT2D eigenvalue weighted by molar-refractivity contribution is 7.14. The maximum Gasteiger partial charge on any atom is 0.279 e. The minimum atomic E-state index is -0.378. The van der Waals surface area contributed by atoms with Gasteiger partial charge in [-0.2, -0.15) is 0 Å². The molecule has 0 aliphatic carbocycles. The molecular formula is C18H12ClN5OS. The van der Waals surface area contributed by atoms with Crippen LogP contribution in [0.1, 0.15) is 10.5 Å². The van der Waals surface area contributed by atoms with Gasteiger partial charge in [-0.05, 0) is 12.1 Å². The second-order valence-electron chi connectivity index (χ2n) is 5.36. The van der Waals surface area contributed by atoms with E-state index >= 15 is 0 Å². The average molecular weight is 382 g/mol. The van der Waals surface area contributed by atoms with Gasteiger partial charge < -0.3 is 0 Å². The number of amides is 1. The molecule has 4 aromatic rings. The molecule has 4 rings (SSSR count). The van der Waals surface area contributed by atoms with Crippen LogP contribution in [-0.2, 0) is 0 Å². The molecule has 0 saturated carbocycles. The summed E-state index contributed by atoms with van der Waals surface area (Å²) in [6.07, 6.45) is 1.53. The third-order valence-electron chi connectivity index (χ3n) is 3.62. The molecule has 128 valence electrons. The summed E-state index contributed by atoms with van der Waals surface area (Å²) in [7, 11) is 0. The van der Waals surface area contributed by atoms with Crippen molar-refractivity contribution in [1.82, 2.24) is 20.0 Å². The quantitative estimate of drug-likeness (QED) is 0.572. The average Bonchev–Trinajstić information content (AvgIpc) is 3.33. The van der Waals surface area contributed by atoms with Gasteiger partial charge in [-0.3, -0.25) is 10.1 Å². The van der Waals surface area contributed by atoms with Crippen LogP contribution in [0.15, 0.2) is 66.2 Å². The normalized spacial score (nSPS) is 10.7. The Kier molecular flexibility index (Phi) is 4.47. The molecule has 0 unspecified atom stereocenters. The predicted octanol–water partition coefficient (Wildman–Crippen LogP) is 4.30. The van der Waals surface area contributed by atoms with Crippen molar-refractivity contribution in [3.05, 3.63) is 76.9 Å². The summed E-state index contributed by atoms with van der Waals surface area (Å²) >= 11 is 7.49. The molecule has 2 aromatic carbocycles. The summed E-state index contributed by atoms with van der Waals surface area (Å²) in [5, 5.41) is 13.5. The first-order valence-corrected chi connectivity index (χ1v) is 8.96. The second kappa shape index (κ2) is 7.07. The van der Waals surface area contributed by atoms with Gasteiger partial charge in [0.2, 0.25) is 0 Å². The van der Waals surface area contributed by atoms with Crippen molar-refractivity contribution in [1.29, 1.82) is 0 Å². The molecule has 0 saturated heterocycles. The zero-order valence-electron chi connectivity index (χ0n) is 13.3. The first-order chi connectivity index (χ1) is 12.7. The molecule has 1 amide bonds. The molecule has 1 N–H and O–H groups in total. The molecule has 0 bridgehead atoms. The number of thiazole rings is 1. The second-order valence-corrected chi connectivity index (χ2v) is 6.62. The molecule has 0 fully saturated rings. The SMILES string of the molecule is O=C(Nc1nc(-c2ccccc2)cs1)c1cn(-c2ccccc2Cl)nn1. The van der Waals surface area contributed by atoms with Crippen LogP contribution in [0.25, 0.3) is 16.9 Å². The lowest BCUT2D eigenvalue weighted by Gasteiger charge is -2.01. The standard InChI is InChI=1S/C18H12ClN5OS/c19-13-8-4-5-9-16(13)24-10-14(22-23-24)17(25)21-18-20-15(11-26-18)12-6-2-1-3-7-12/h1-11H,(H,20,21,25). The first kappa shape index (κ1) is 16.4. The number of carbonyl (C=O) groups excluding carboxylic acids is 1. The van der Waals surface area contributed by atoms with Crippen LogP contribution < -0.4 is 5.32 Å². The number of aromatic nitrogens is 4. The summed E-state index contributed by atoms with van der Waals surface area (Å²) in [6.45, 7) is 0. The number of nitrogens with zero attached hydrogens (tertiary/aromatic N) is 4. The van der Waals surface area contributed by atoms with E-state index in [-0.39, 0.29) is 11.6 Å². The van der Waals surface area contributed by atoms with Crippen molar-refractivity contribution < 1.29 is 4.79 Å². The van der Waals surface area contributed by atoms with E-state index in [1.165, 1.54) is 22.2 Å². The monoisotopic (exact) mass is 381 g/mol. The lowest BCUT2D eigenvalue weighted by molar-refractivity contribution is 0.102. The Morgan fingerprint density at radius 1 is 1.08 bits per heavy atom. The predicted molar refractivity (Wildman–Crippen MR) is 102 cm³/mol. The molecule has 0 spiro atoms. The van der Waals surface area contributed by atoms with Gasteiger partial charge >= 0.3 is 0 Å². The number of anilines is 1. The Hall–Kier alpha value is -3.03. The number of nitrogens with one attached hydrogen (secondary N) is 1. The largest absolute Gasteiger partial charge is 0.296 e. The Labute approximate surface area is 158 Å². The van der Waals surface area contributed by atoms with Gasteiger partial charge in [0.05, 0.1) is 22.6 Å². The van der Waals surface area contributed by atoms with E-state index in [2.05, 4.69) is 20.6 Å². The Morgan fingerprint density at radius 3 is 2.65 bits per heavy atom. The van der Waals surface area contributed by atoms with E-state index < -0.39 is 0 Å². The number of halogens is 1. The van der Waals surface area contributed by atoms with E-state index in [4.69, 9.17) is 11.6 Å². The van der Waals surface area contributed by atoms with Crippen LogP contribution >= 0.6 is 22.9 Å². The summed E-state index contributed by atoms with van der Waals surface area (Å²) in [6, 6.07) is 17.0. The van der Waals surface area contributed by atoms with Gasteiger partial charge in [0.15, 0.2) is 10.8 Å². The van der Waals surface area contributed by atoms with Crippen molar-refractivity contribution in [2.45, 2.75) is 0 Å². The lowest BCUT2D eigenvalue weighted by atomic mass is 10.2. The number of para-hydroxylation sites is 1. The Morgan fingerprint density at radius 2 is 1.85 bits per heavy atom.